The molecule has 4 heteroatoms. The summed E-state index contributed by atoms with van der Waals surface area (Å²) in [6.45, 7) is 4.44. The van der Waals surface area contributed by atoms with Crippen molar-refractivity contribution in [2.75, 3.05) is 0 Å². The van der Waals surface area contributed by atoms with Crippen molar-refractivity contribution in [1.82, 2.24) is 5.32 Å². The predicted octanol–water partition coefficient (Wildman–Crippen LogP) is 3.59. The fourth-order valence-electron chi connectivity index (χ4n) is 2.14. The van der Waals surface area contributed by atoms with Crippen molar-refractivity contribution in [3.05, 3.63) is 63.7 Å². The molecule has 0 aliphatic carbocycles. The van der Waals surface area contributed by atoms with Gasteiger partial charge in [0, 0.05) is 11.6 Å². The van der Waals surface area contributed by atoms with Gasteiger partial charge in [-0.1, -0.05) is 40.9 Å². The minimum atomic E-state index is -0.343. The third kappa shape index (κ3) is 3.52. The lowest BCUT2D eigenvalue weighted by Gasteiger charge is -2.09. The van der Waals surface area contributed by atoms with Crippen LogP contribution in [0.2, 0.25) is 5.02 Å². The first-order chi connectivity index (χ1) is 9.45. The summed E-state index contributed by atoms with van der Waals surface area (Å²) in [4.78, 5) is 12.0. The maximum absolute atomic E-state index is 12.0. The fraction of sp³-hybridized carbons (Fsp3) is 0.188. The molecule has 0 aliphatic heterocycles. The first kappa shape index (κ1) is 14.4. The highest BCUT2D eigenvalue weighted by atomic mass is 35.5. The van der Waals surface area contributed by atoms with E-state index in [0.717, 1.165) is 16.7 Å². The van der Waals surface area contributed by atoms with Crippen LogP contribution in [-0.2, 0) is 6.54 Å². The molecule has 20 heavy (non-hydrogen) atoms. The summed E-state index contributed by atoms with van der Waals surface area (Å²) in [5.41, 5.74) is 3.51. The highest BCUT2D eigenvalue weighted by molar-refractivity contribution is 6.31. The lowest BCUT2D eigenvalue weighted by atomic mass is 10.1. The number of carbonyl (C=O) groups excluding carboxylic acids is 1. The molecule has 0 saturated heterocycles. The number of amides is 1. The monoisotopic (exact) mass is 289 g/mol. The predicted molar refractivity (Wildman–Crippen MR) is 80.2 cm³/mol. The Kier molecular flexibility index (Phi) is 4.30. The number of phenolic OH excluding ortho intramolecular Hbond substituents is 1. The Morgan fingerprint density at radius 1 is 1.15 bits per heavy atom. The van der Waals surface area contributed by atoms with Gasteiger partial charge in [0.2, 0.25) is 0 Å². The summed E-state index contributed by atoms with van der Waals surface area (Å²) in [5, 5.41) is 12.9. The molecule has 2 aromatic carbocycles. The highest BCUT2D eigenvalue weighted by Crippen LogP contribution is 2.21. The normalized spacial score (nSPS) is 10.3. The van der Waals surface area contributed by atoms with Crippen molar-refractivity contribution in [2.24, 2.45) is 0 Å². The quantitative estimate of drug-likeness (QED) is 0.907. The van der Waals surface area contributed by atoms with Gasteiger partial charge in [0.1, 0.15) is 5.75 Å². The number of aryl methyl sites for hydroxylation is 2. The van der Waals surface area contributed by atoms with E-state index < -0.39 is 0 Å². The second-order valence-electron chi connectivity index (χ2n) is 4.84. The summed E-state index contributed by atoms with van der Waals surface area (Å²) in [5.74, 6) is -0.420. The van der Waals surface area contributed by atoms with Crippen molar-refractivity contribution in [3.8, 4) is 5.75 Å². The van der Waals surface area contributed by atoms with Crippen molar-refractivity contribution in [1.29, 1.82) is 0 Å². The molecule has 0 saturated carbocycles. The number of halogens is 1. The van der Waals surface area contributed by atoms with Crippen LogP contribution < -0.4 is 5.32 Å². The number of hydrogen-bond donors (Lipinski definition) is 2. The summed E-state index contributed by atoms with van der Waals surface area (Å²) in [6.07, 6.45) is 0. The van der Waals surface area contributed by atoms with E-state index in [9.17, 15) is 9.90 Å². The van der Waals surface area contributed by atoms with Gasteiger partial charge in [0.15, 0.2) is 0 Å². The van der Waals surface area contributed by atoms with Crippen molar-refractivity contribution < 1.29 is 9.90 Å². The second-order valence-corrected chi connectivity index (χ2v) is 5.28. The van der Waals surface area contributed by atoms with Crippen LogP contribution in [0, 0.1) is 13.8 Å². The molecule has 1 amide bonds. The van der Waals surface area contributed by atoms with Crippen LogP contribution in [0.1, 0.15) is 27.0 Å². The Hall–Kier alpha value is -2.00. The molecule has 2 rings (SSSR count). The molecule has 0 aliphatic rings. The second kappa shape index (κ2) is 5.97. The number of carbonyl (C=O) groups is 1. The van der Waals surface area contributed by atoms with Gasteiger partial charge in [0.25, 0.3) is 5.91 Å². The molecule has 0 aromatic heterocycles. The van der Waals surface area contributed by atoms with Crippen LogP contribution in [0.5, 0.6) is 5.75 Å². The number of rotatable bonds is 3. The molecule has 104 valence electrons. The Morgan fingerprint density at radius 2 is 1.80 bits per heavy atom. The topological polar surface area (TPSA) is 49.3 Å². The molecule has 0 unspecified atom stereocenters. The smallest absolute Gasteiger partial charge is 0.255 e. The summed E-state index contributed by atoms with van der Waals surface area (Å²) in [6, 6.07) is 10.5. The van der Waals surface area contributed by atoms with Crippen LogP contribution in [0.4, 0.5) is 0 Å². The van der Waals surface area contributed by atoms with Gasteiger partial charge < -0.3 is 10.4 Å². The van der Waals surface area contributed by atoms with Gasteiger partial charge in [-0.2, -0.15) is 0 Å². The molecular formula is C16H16ClNO2. The minimum Gasteiger partial charge on any atom is -0.507 e. The molecule has 3 nitrogen and oxygen atoms in total. The van der Waals surface area contributed by atoms with Gasteiger partial charge in [-0.05, 0) is 37.6 Å². The van der Waals surface area contributed by atoms with E-state index in [0.29, 0.717) is 11.6 Å². The van der Waals surface area contributed by atoms with E-state index >= 15 is 0 Å². The lowest BCUT2D eigenvalue weighted by Crippen LogP contribution is -2.23. The van der Waals surface area contributed by atoms with Crippen LogP contribution in [-0.4, -0.2) is 11.0 Å². The lowest BCUT2D eigenvalue weighted by molar-refractivity contribution is 0.0948. The van der Waals surface area contributed by atoms with E-state index in [1.165, 1.54) is 18.2 Å². The Morgan fingerprint density at radius 3 is 2.45 bits per heavy atom. The Labute approximate surface area is 123 Å². The van der Waals surface area contributed by atoms with Crippen LogP contribution in [0.15, 0.2) is 36.4 Å². The molecule has 2 aromatic rings. The SMILES string of the molecule is Cc1cc(C)cc(CNC(=O)c2cc(Cl)ccc2O)c1. The number of hydrogen-bond acceptors (Lipinski definition) is 2. The van der Waals surface area contributed by atoms with Gasteiger partial charge in [-0.3, -0.25) is 4.79 Å². The molecule has 0 atom stereocenters. The molecule has 2 N–H and O–H groups in total. The number of benzene rings is 2. The average molecular weight is 290 g/mol. The largest absolute Gasteiger partial charge is 0.507 e. The first-order valence-electron chi connectivity index (χ1n) is 6.29. The standard InChI is InChI=1S/C16H16ClNO2/c1-10-5-11(2)7-12(6-10)9-18-16(20)14-8-13(17)3-4-15(14)19/h3-8,19H,9H2,1-2H3,(H,18,20). The first-order valence-corrected chi connectivity index (χ1v) is 6.67. The highest BCUT2D eigenvalue weighted by Gasteiger charge is 2.11. The zero-order valence-electron chi connectivity index (χ0n) is 11.4. The van der Waals surface area contributed by atoms with Crippen molar-refractivity contribution in [3.63, 3.8) is 0 Å². The molecule has 0 bridgehead atoms. The van der Waals surface area contributed by atoms with Crippen molar-refractivity contribution >= 4 is 17.5 Å². The zero-order valence-corrected chi connectivity index (χ0v) is 12.2. The maximum atomic E-state index is 12.0. The van der Waals surface area contributed by atoms with E-state index in [4.69, 9.17) is 11.6 Å². The fourth-order valence-corrected chi connectivity index (χ4v) is 2.31. The van der Waals surface area contributed by atoms with Gasteiger partial charge in [-0.25, -0.2) is 0 Å². The molecule has 0 fully saturated rings. The third-order valence-electron chi connectivity index (χ3n) is 2.94. The molecular weight excluding hydrogens is 274 g/mol. The summed E-state index contributed by atoms with van der Waals surface area (Å²) < 4.78 is 0. The van der Waals surface area contributed by atoms with Crippen LogP contribution >= 0.6 is 11.6 Å². The van der Waals surface area contributed by atoms with Gasteiger partial charge in [-0.15, -0.1) is 0 Å². The van der Waals surface area contributed by atoms with Crippen LogP contribution in [0.3, 0.4) is 0 Å². The third-order valence-corrected chi connectivity index (χ3v) is 3.17. The zero-order chi connectivity index (χ0) is 14.7. The Bertz CT molecular complexity index is 633. The van der Waals surface area contributed by atoms with E-state index in [1.807, 2.05) is 26.0 Å². The average Bonchev–Trinajstić information content (AvgIpc) is 2.38. The number of phenols is 1. The van der Waals surface area contributed by atoms with E-state index in [-0.39, 0.29) is 17.2 Å². The molecule has 0 heterocycles. The summed E-state index contributed by atoms with van der Waals surface area (Å²) >= 11 is 5.83. The van der Waals surface area contributed by atoms with E-state index in [1.54, 1.807) is 0 Å². The van der Waals surface area contributed by atoms with E-state index in [2.05, 4.69) is 11.4 Å². The minimum absolute atomic E-state index is 0.0766. The Balaban J connectivity index is 2.10. The van der Waals surface area contributed by atoms with Crippen LogP contribution in [0.25, 0.3) is 0 Å². The molecule has 0 spiro atoms. The number of aromatic hydroxyl groups is 1. The molecule has 0 radical (unpaired) electrons. The number of nitrogens with one attached hydrogen (secondary N) is 1. The van der Waals surface area contributed by atoms with Gasteiger partial charge in [0.05, 0.1) is 5.56 Å². The maximum Gasteiger partial charge on any atom is 0.255 e. The summed E-state index contributed by atoms with van der Waals surface area (Å²) in [7, 11) is 0. The van der Waals surface area contributed by atoms with Crippen molar-refractivity contribution in [2.45, 2.75) is 20.4 Å². The van der Waals surface area contributed by atoms with Gasteiger partial charge >= 0.3 is 0 Å².